The van der Waals surface area contributed by atoms with Crippen LogP contribution in [0.15, 0.2) is 30.5 Å². The Hall–Kier alpha value is -2.10. The average molecular weight is 256 g/mol. The van der Waals surface area contributed by atoms with E-state index in [9.17, 15) is 4.79 Å². The smallest absolute Gasteiger partial charge is 0.306 e. The lowest BCUT2D eigenvalue weighted by Crippen LogP contribution is -2.22. The third kappa shape index (κ3) is 2.14. The quantitative estimate of drug-likeness (QED) is 0.897. The lowest BCUT2D eigenvalue weighted by atomic mass is 9.88. The Morgan fingerprint density at radius 3 is 2.79 bits per heavy atom. The third-order valence-electron chi connectivity index (χ3n) is 3.78. The van der Waals surface area contributed by atoms with Gasteiger partial charge in [0, 0.05) is 5.69 Å². The van der Waals surface area contributed by atoms with Crippen molar-refractivity contribution in [3.63, 3.8) is 0 Å². The summed E-state index contributed by atoms with van der Waals surface area (Å²) in [5.74, 6) is -0.961. The first kappa shape index (κ1) is 12.0. The van der Waals surface area contributed by atoms with Crippen molar-refractivity contribution in [2.24, 2.45) is 5.92 Å². The van der Waals surface area contributed by atoms with Crippen molar-refractivity contribution in [1.29, 1.82) is 0 Å². The fourth-order valence-electron chi connectivity index (χ4n) is 2.64. The Morgan fingerprint density at radius 2 is 2.11 bits per heavy atom. The predicted molar refractivity (Wildman–Crippen MR) is 71.5 cm³/mol. The second-order valence-corrected chi connectivity index (χ2v) is 5.14. The van der Waals surface area contributed by atoms with Crippen LogP contribution in [0.1, 0.15) is 23.2 Å². The molecule has 0 saturated carbocycles. The summed E-state index contributed by atoms with van der Waals surface area (Å²) in [6, 6.07) is 8.22. The van der Waals surface area contributed by atoms with E-state index < -0.39 is 5.97 Å². The number of hydrogen-bond acceptors (Lipinski definition) is 2. The number of rotatable bonds is 2. The Labute approximate surface area is 111 Å². The highest BCUT2D eigenvalue weighted by molar-refractivity contribution is 5.71. The van der Waals surface area contributed by atoms with E-state index in [0.717, 1.165) is 23.4 Å². The van der Waals surface area contributed by atoms with E-state index in [-0.39, 0.29) is 5.92 Å². The van der Waals surface area contributed by atoms with Gasteiger partial charge in [-0.2, -0.15) is 5.10 Å². The number of hydrogen-bond donors (Lipinski definition) is 1. The van der Waals surface area contributed by atoms with Gasteiger partial charge in [0.1, 0.15) is 0 Å². The third-order valence-corrected chi connectivity index (χ3v) is 3.78. The molecular weight excluding hydrogens is 240 g/mol. The molecule has 3 rings (SSSR count). The number of aryl methyl sites for hydroxylation is 1. The second kappa shape index (κ2) is 4.53. The Kier molecular flexibility index (Phi) is 2.85. The van der Waals surface area contributed by atoms with Gasteiger partial charge in [-0.3, -0.25) is 4.79 Å². The molecule has 4 nitrogen and oxygen atoms in total. The maximum atomic E-state index is 11.1. The molecule has 0 bridgehead atoms. The Bertz CT molecular complexity index is 614. The molecule has 0 spiro atoms. The summed E-state index contributed by atoms with van der Waals surface area (Å²) in [6.45, 7) is 2.06. The lowest BCUT2D eigenvalue weighted by molar-refractivity contribution is -0.142. The lowest BCUT2D eigenvalue weighted by Gasteiger charge is -2.19. The van der Waals surface area contributed by atoms with E-state index in [0.29, 0.717) is 12.8 Å². The fourth-order valence-corrected chi connectivity index (χ4v) is 2.64. The highest BCUT2D eigenvalue weighted by Crippen LogP contribution is 2.27. The molecule has 1 aliphatic rings. The first-order valence-corrected chi connectivity index (χ1v) is 6.51. The van der Waals surface area contributed by atoms with Crippen LogP contribution < -0.4 is 0 Å². The summed E-state index contributed by atoms with van der Waals surface area (Å²) in [5.41, 5.74) is 4.48. The van der Waals surface area contributed by atoms with Crippen molar-refractivity contribution >= 4 is 5.97 Å². The molecule has 1 N–H and O–H groups in total. The van der Waals surface area contributed by atoms with Gasteiger partial charge in [0.25, 0.3) is 0 Å². The maximum absolute atomic E-state index is 11.1. The van der Waals surface area contributed by atoms with Crippen LogP contribution in [-0.2, 0) is 17.6 Å². The molecule has 1 aromatic heterocycles. The zero-order valence-corrected chi connectivity index (χ0v) is 10.8. The zero-order valence-electron chi connectivity index (χ0n) is 10.8. The van der Waals surface area contributed by atoms with Crippen LogP contribution in [0.3, 0.4) is 0 Å². The van der Waals surface area contributed by atoms with Gasteiger partial charge in [-0.05, 0) is 43.9 Å². The van der Waals surface area contributed by atoms with Gasteiger partial charge in [0.05, 0.1) is 17.8 Å². The minimum absolute atomic E-state index is 0.261. The number of carboxylic acids is 1. The minimum Gasteiger partial charge on any atom is -0.481 e. The normalized spacial score (nSPS) is 18.1. The van der Waals surface area contributed by atoms with Gasteiger partial charge in [-0.25, -0.2) is 4.68 Å². The first-order chi connectivity index (χ1) is 9.15. The van der Waals surface area contributed by atoms with E-state index in [1.165, 1.54) is 5.56 Å². The summed E-state index contributed by atoms with van der Waals surface area (Å²) in [4.78, 5) is 11.1. The summed E-state index contributed by atoms with van der Waals surface area (Å²) in [6.07, 6.45) is 3.88. The highest BCUT2D eigenvalue weighted by atomic mass is 16.4. The van der Waals surface area contributed by atoms with Gasteiger partial charge >= 0.3 is 5.97 Å². The van der Waals surface area contributed by atoms with E-state index >= 15 is 0 Å². The molecule has 1 heterocycles. The SMILES string of the molecule is Cc1ccc(-n2ncc3c2CCC(C(=O)O)C3)cc1. The number of carbonyl (C=O) groups is 1. The van der Waals surface area contributed by atoms with Crippen molar-refractivity contribution in [2.75, 3.05) is 0 Å². The van der Waals surface area contributed by atoms with Crippen LogP contribution in [0.5, 0.6) is 0 Å². The van der Waals surface area contributed by atoms with Gasteiger partial charge < -0.3 is 5.11 Å². The van der Waals surface area contributed by atoms with Gasteiger partial charge in [0.2, 0.25) is 0 Å². The summed E-state index contributed by atoms with van der Waals surface area (Å²) < 4.78 is 1.94. The monoisotopic (exact) mass is 256 g/mol. The van der Waals surface area contributed by atoms with Crippen LogP contribution in [0, 0.1) is 12.8 Å². The Balaban J connectivity index is 1.95. The number of benzene rings is 1. The summed E-state index contributed by atoms with van der Waals surface area (Å²) in [5, 5.41) is 13.5. The zero-order chi connectivity index (χ0) is 13.4. The standard InChI is InChI=1S/C15H16N2O2/c1-10-2-5-13(6-3-10)17-14-7-4-11(15(18)19)8-12(14)9-16-17/h2-3,5-6,9,11H,4,7-8H2,1H3,(H,18,19). The molecule has 0 amide bonds. The maximum Gasteiger partial charge on any atom is 0.306 e. The van der Waals surface area contributed by atoms with Crippen molar-refractivity contribution in [1.82, 2.24) is 9.78 Å². The predicted octanol–water partition coefficient (Wildman–Crippen LogP) is 2.37. The van der Waals surface area contributed by atoms with Crippen LogP contribution in [-0.4, -0.2) is 20.9 Å². The van der Waals surface area contributed by atoms with E-state index in [1.807, 2.05) is 23.0 Å². The average Bonchev–Trinajstić information content (AvgIpc) is 2.82. The molecule has 1 atom stereocenters. The second-order valence-electron chi connectivity index (χ2n) is 5.14. The molecule has 98 valence electrons. The number of aliphatic carboxylic acids is 1. The van der Waals surface area contributed by atoms with Crippen molar-refractivity contribution < 1.29 is 9.90 Å². The fraction of sp³-hybridized carbons (Fsp3) is 0.333. The molecule has 0 saturated heterocycles. The molecule has 19 heavy (non-hydrogen) atoms. The van der Waals surface area contributed by atoms with E-state index in [1.54, 1.807) is 0 Å². The Morgan fingerprint density at radius 1 is 1.37 bits per heavy atom. The molecular formula is C15H16N2O2. The van der Waals surface area contributed by atoms with E-state index in [2.05, 4.69) is 24.2 Å². The number of carboxylic acid groups (broad SMARTS) is 1. The van der Waals surface area contributed by atoms with Crippen molar-refractivity contribution in [3.8, 4) is 5.69 Å². The molecule has 1 aliphatic carbocycles. The van der Waals surface area contributed by atoms with E-state index in [4.69, 9.17) is 5.11 Å². The highest BCUT2D eigenvalue weighted by Gasteiger charge is 2.27. The first-order valence-electron chi connectivity index (χ1n) is 6.51. The van der Waals surface area contributed by atoms with Gasteiger partial charge in [0.15, 0.2) is 0 Å². The largest absolute Gasteiger partial charge is 0.481 e. The number of fused-ring (bicyclic) bond motifs is 1. The molecule has 0 radical (unpaired) electrons. The topological polar surface area (TPSA) is 55.1 Å². The molecule has 2 aromatic rings. The molecule has 0 aliphatic heterocycles. The van der Waals surface area contributed by atoms with Crippen LogP contribution in [0.4, 0.5) is 0 Å². The molecule has 0 fully saturated rings. The van der Waals surface area contributed by atoms with Crippen molar-refractivity contribution in [2.45, 2.75) is 26.2 Å². The summed E-state index contributed by atoms with van der Waals surface area (Å²) in [7, 11) is 0. The molecule has 1 unspecified atom stereocenters. The van der Waals surface area contributed by atoms with Gasteiger partial charge in [-0.1, -0.05) is 17.7 Å². The minimum atomic E-state index is -0.700. The van der Waals surface area contributed by atoms with Crippen molar-refractivity contribution in [3.05, 3.63) is 47.3 Å². The molecule has 4 heteroatoms. The van der Waals surface area contributed by atoms with Crippen LogP contribution >= 0.6 is 0 Å². The van der Waals surface area contributed by atoms with Gasteiger partial charge in [-0.15, -0.1) is 0 Å². The number of nitrogens with zero attached hydrogens (tertiary/aromatic N) is 2. The number of aromatic nitrogens is 2. The van der Waals surface area contributed by atoms with Crippen LogP contribution in [0.2, 0.25) is 0 Å². The molecule has 1 aromatic carbocycles. The van der Waals surface area contributed by atoms with Crippen LogP contribution in [0.25, 0.3) is 5.69 Å². The summed E-state index contributed by atoms with van der Waals surface area (Å²) >= 11 is 0.